The van der Waals surface area contributed by atoms with Gasteiger partial charge in [-0.1, -0.05) is 18.2 Å². The van der Waals surface area contributed by atoms with E-state index >= 15 is 0 Å². The normalized spacial score (nSPS) is 10.0. The molecule has 0 aliphatic heterocycles. The van der Waals surface area contributed by atoms with Crippen LogP contribution in [0.2, 0.25) is 0 Å². The van der Waals surface area contributed by atoms with E-state index in [1.54, 1.807) is 24.3 Å². The summed E-state index contributed by atoms with van der Waals surface area (Å²) >= 11 is 0. The first-order valence-corrected chi connectivity index (χ1v) is 6.68. The molecule has 1 amide bonds. The molecule has 0 aromatic heterocycles. The summed E-state index contributed by atoms with van der Waals surface area (Å²) in [7, 11) is 0. The van der Waals surface area contributed by atoms with E-state index in [-0.39, 0.29) is 24.6 Å². The van der Waals surface area contributed by atoms with Crippen molar-refractivity contribution in [2.75, 3.05) is 11.4 Å². The highest BCUT2D eigenvalue weighted by Gasteiger charge is 2.18. The third-order valence-corrected chi connectivity index (χ3v) is 3.11. The predicted molar refractivity (Wildman–Crippen MR) is 81.9 cm³/mol. The molecule has 2 aromatic carbocycles. The van der Waals surface area contributed by atoms with Crippen LogP contribution in [0.3, 0.4) is 0 Å². The van der Waals surface area contributed by atoms with Crippen LogP contribution in [0, 0.1) is 10.1 Å². The largest absolute Gasteiger partial charge is 0.308 e. The maximum atomic E-state index is 12.6. The SMILES string of the molecule is O=CCCN(C(=O)c1ccc([N+](=O)[O-])cc1)c1ccccc1. The van der Waals surface area contributed by atoms with Crippen LogP contribution < -0.4 is 4.90 Å². The number of hydrogen-bond donors (Lipinski definition) is 0. The van der Waals surface area contributed by atoms with Crippen LogP contribution in [-0.2, 0) is 4.79 Å². The van der Waals surface area contributed by atoms with Crippen molar-refractivity contribution in [3.05, 3.63) is 70.3 Å². The van der Waals surface area contributed by atoms with Crippen molar-refractivity contribution in [2.24, 2.45) is 0 Å². The van der Waals surface area contributed by atoms with Crippen molar-refractivity contribution >= 4 is 23.6 Å². The third-order valence-electron chi connectivity index (χ3n) is 3.11. The van der Waals surface area contributed by atoms with Crippen LogP contribution >= 0.6 is 0 Å². The van der Waals surface area contributed by atoms with Gasteiger partial charge in [0.05, 0.1) is 4.92 Å². The second-order valence-corrected chi connectivity index (χ2v) is 4.55. The Hall–Kier alpha value is -3.02. The Bertz CT molecular complexity index is 668. The number of non-ortho nitro benzene ring substituents is 1. The van der Waals surface area contributed by atoms with Gasteiger partial charge in [0.15, 0.2) is 0 Å². The number of carbonyl (C=O) groups is 2. The smallest absolute Gasteiger partial charge is 0.269 e. The number of anilines is 1. The number of rotatable bonds is 6. The Morgan fingerprint density at radius 3 is 2.27 bits per heavy atom. The first-order valence-electron chi connectivity index (χ1n) is 6.68. The number of nitrogens with zero attached hydrogens (tertiary/aromatic N) is 2. The van der Waals surface area contributed by atoms with E-state index in [2.05, 4.69) is 0 Å². The molecule has 6 nitrogen and oxygen atoms in total. The zero-order chi connectivity index (χ0) is 15.9. The van der Waals surface area contributed by atoms with Crippen LogP contribution in [0.5, 0.6) is 0 Å². The third kappa shape index (κ3) is 3.54. The highest BCUT2D eigenvalue weighted by molar-refractivity contribution is 6.06. The van der Waals surface area contributed by atoms with Gasteiger partial charge in [-0.15, -0.1) is 0 Å². The number of para-hydroxylation sites is 1. The van der Waals surface area contributed by atoms with Gasteiger partial charge in [-0.05, 0) is 24.3 Å². The van der Waals surface area contributed by atoms with Crippen molar-refractivity contribution in [1.82, 2.24) is 0 Å². The zero-order valence-corrected chi connectivity index (χ0v) is 11.7. The second-order valence-electron chi connectivity index (χ2n) is 4.55. The average molecular weight is 298 g/mol. The summed E-state index contributed by atoms with van der Waals surface area (Å²) in [5.41, 5.74) is 0.934. The summed E-state index contributed by atoms with van der Waals surface area (Å²) < 4.78 is 0. The predicted octanol–water partition coefficient (Wildman–Crippen LogP) is 2.83. The fraction of sp³-hybridized carbons (Fsp3) is 0.125. The zero-order valence-electron chi connectivity index (χ0n) is 11.7. The lowest BCUT2D eigenvalue weighted by Gasteiger charge is -2.22. The van der Waals surface area contributed by atoms with Gasteiger partial charge >= 0.3 is 0 Å². The average Bonchev–Trinajstić information content (AvgIpc) is 2.56. The van der Waals surface area contributed by atoms with Crippen molar-refractivity contribution < 1.29 is 14.5 Å². The number of carbonyl (C=O) groups excluding carboxylic acids is 2. The molecule has 0 spiro atoms. The molecule has 0 aliphatic rings. The highest BCUT2D eigenvalue weighted by Crippen LogP contribution is 2.19. The second kappa shape index (κ2) is 7.12. The standard InChI is InChI=1S/C16H14N2O4/c19-12-4-11-17(14-5-2-1-3-6-14)16(20)13-7-9-15(10-8-13)18(21)22/h1-3,5-10,12H,4,11H2. The number of benzene rings is 2. The van der Waals surface area contributed by atoms with Crippen LogP contribution in [-0.4, -0.2) is 23.7 Å². The molecule has 0 aliphatic carbocycles. The van der Waals surface area contributed by atoms with E-state index in [1.165, 1.54) is 29.2 Å². The maximum absolute atomic E-state index is 12.6. The highest BCUT2D eigenvalue weighted by atomic mass is 16.6. The lowest BCUT2D eigenvalue weighted by atomic mass is 10.1. The van der Waals surface area contributed by atoms with Crippen LogP contribution in [0.4, 0.5) is 11.4 Å². The van der Waals surface area contributed by atoms with E-state index in [0.29, 0.717) is 11.3 Å². The van der Waals surface area contributed by atoms with E-state index < -0.39 is 4.92 Å². The van der Waals surface area contributed by atoms with Crippen LogP contribution in [0.15, 0.2) is 54.6 Å². The number of nitro groups is 1. The Kier molecular flexibility index (Phi) is 4.98. The molecule has 0 radical (unpaired) electrons. The first-order chi connectivity index (χ1) is 10.6. The molecule has 6 heteroatoms. The minimum absolute atomic E-state index is 0.0734. The van der Waals surface area contributed by atoms with Crippen molar-refractivity contribution in [1.29, 1.82) is 0 Å². The quantitative estimate of drug-likeness (QED) is 0.466. The van der Waals surface area contributed by atoms with Crippen molar-refractivity contribution in [3.8, 4) is 0 Å². The van der Waals surface area contributed by atoms with E-state index in [9.17, 15) is 19.7 Å². The first kappa shape index (κ1) is 15.4. The fourth-order valence-electron chi connectivity index (χ4n) is 2.02. The molecule has 0 heterocycles. The summed E-state index contributed by atoms with van der Waals surface area (Å²) in [6.45, 7) is 0.253. The Morgan fingerprint density at radius 1 is 1.09 bits per heavy atom. The molecule has 0 bridgehead atoms. The summed E-state index contributed by atoms with van der Waals surface area (Å²) in [6.07, 6.45) is 0.965. The summed E-state index contributed by atoms with van der Waals surface area (Å²) in [5, 5.41) is 10.7. The van der Waals surface area contributed by atoms with Gasteiger partial charge in [-0.25, -0.2) is 0 Å². The molecule has 0 fully saturated rings. The molecule has 112 valence electrons. The number of aldehydes is 1. The van der Waals surface area contributed by atoms with Crippen LogP contribution in [0.25, 0.3) is 0 Å². The van der Waals surface area contributed by atoms with Crippen molar-refractivity contribution in [2.45, 2.75) is 6.42 Å². The molecule has 0 saturated heterocycles. The van der Waals surface area contributed by atoms with Gasteiger partial charge in [-0.3, -0.25) is 14.9 Å². The monoisotopic (exact) mass is 298 g/mol. The lowest BCUT2D eigenvalue weighted by molar-refractivity contribution is -0.384. The molecule has 0 unspecified atom stereocenters. The molecular formula is C16H14N2O4. The molecule has 22 heavy (non-hydrogen) atoms. The Balaban J connectivity index is 2.28. The summed E-state index contributed by atoms with van der Waals surface area (Å²) in [6, 6.07) is 14.4. The van der Waals surface area contributed by atoms with Gasteiger partial charge in [0.2, 0.25) is 0 Å². The summed E-state index contributed by atoms with van der Waals surface area (Å²) in [4.78, 5) is 34.8. The molecule has 2 rings (SSSR count). The minimum Gasteiger partial charge on any atom is -0.308 e. The van der Waals surface area contributed by atoms with Crippen LogP contribution in [0.1, 0.15) is 16.8 Å². The van der Waals surface area contributed by atoms with E-state index in [4.69, 9.17) is 0 Å². The van der Waals surface area contributed by atoms with Gasteiger partial charge in [0.1, 0.15) is 6.29 Å². The number of amides is 1. The minimum atomic E-state index is -0.518. The Morgan fingerprint density at radius 2 is 1.73 bits per heavy atom. The van der Waals surface area contributed by atoms with Gasteiger partial charge < -0.3 is 9.69 Å². The summed E-state index contributed by atoms with van der Waals surface area (Å²) in [5.74, 6) is -0.303. The fourth-order valence-corrected chi connectivity index (χ4v) is 2.02. The molecule has 0 N–H and O–H groups in total. The van der Waals surface area contributed by atoms with Gasteiger partial charge in [0.25, 0.3) is 11.6 Å². The Labute approximate surface area is 127 Å². The van der Waals surface area contributed by atoms with Gasteiger partial charge in [-0.2, -0.15) is 0 Å². The molecule has 0 saturated carbocycles. The van der Waals surface area contributed by atoms with Crippen molar-refractivity contribution in [3.63, 3.8) is 0 Å². The van der Waals surface area contributed by atoms with E-state index in [1.807, 2.05) is 6.07 Å². The number of nitro benzene ring substituents is 1. The molecular weight excluding hydrogens is 284 g/mol. The lowest BCUT2D eigenvalue weighted by Crippen LogP contribution is -2.32. The molecule has 2 aromatic rings. The number of hydrogen-bond acceptors (Lipinski definition) is 4. The molecule has 0 atom stereocenters. The topological polar surface area (TPSA) is 80.5 Å². The maximum Gasteiger partial charge on any atom is 0.269 e. The van der Waals surface area contributed by atoms with Gasteiger partial charge in [0, 0.05) is 36.3 Å². The van der Waals surface area contributed by atoms with E-state index in [0.717, 1.165) is 6.29 Å².